The Morgan fingerprint density at radius 1 is 1.26 bits per heavy atom. The number of aromatic nitrogens is 2. The average molecular weight is 264 g/mol. The fourth-order valence-corrected chi connectivity index (χ4v) is 1.50. The van der Waals surface area contributed by atoms with Crippen molar-refractivity contribution in [2.45, 2.75) is 46.7 Å². The standard InChI is InChI=1S/C14H24N4O/c1-10(2)5-6-15-14(19)12(4)17-9-13-8-16-11(3)7-18-13/h7-8,10,12,17H,5-6,9H2,1-4H3,(H,15,19). The fraction of sp³-hybridized carbons (Fsp3) is 0.643. The van der Waals surface area contributed by atoms with Gasteiger partial charge in [0.2, 0.25) is 5.91 Å². The zero-order chi connectivity index (χ0) is 14.3. The van der Waals surface area contributed by atoms with Crippen LogP contribution >= 0.6 is 0 Å². The molecule has 1 unspecified atom stereocenters. The summed E-state index contributed by atoms with van der Waals surface area (Å²) < 4.78 is 0. The van der Waals surface area contributed by atoms with E-state index in [1.54, 1.807) is 12.4 Å². The third-order valence-electron chi connectivity index (χ3n) is 2.84. The molecule has 0 aromatic carbocycles. The molecular formula is C14H24N4O. The first-order valence-electron chi connectivity index (χ1n) is 6.77. The van der Waals surface area contributed by atoms with E-state index >= 15 is 0 Å². The van der Waals surface area contributed by atoms with E-state index in [2.05, 4.69) is 34.4 Å². The fourth-order valence-electron chi connectivity index (χ4n) is 1.50. The molecule has 1 amide bonds. The summed E-state index contributed by atoms with van der Waals surface area (Å²) in [5, 5.41) is 6.06. The summed E-state index contributed by atoms with van der Waals surface area (Å²) in [4.78, 5) is 20.2. The lowest BCUT2D eigenvalue weighted by Crippen LogP contribution is -2.42. The summed E-state index contributed by atoms with van der Waals surface area (Å²) in [5.74, 6) is 0.632. The number of rotatable bonds is 7. The van der Waals surface area contributed by atoms with Gasteiger partial charge in [0.05, 0.1) is 17.4 Å². The van der Waals surface area contributed by atoms with E-state index in [1.165, 1.54) is 0 Å². The monoisotopic (exact) mass is 264 g/mol. The molecule has 1 aromatic rings. The van der Waals surface area contributed by atoms with E-state index in [0.717, 1.165) is 24.4 Å². The van der Waals surface area contributed by atoms with Gasteiger partial charge in [0.15, 0.2) is 0 Å². The molecule has 5 nitrogen and oxygen atoms in total. The van der Waals surface area contributed by atoms with Crippen LogP contribution in [-0.2, 0) is 11.3 Å². The Bertz CT molecular complexity index is 389. The van der Waals surface area contributed by atoms with Crippen molar-refractivity contribution in [3.05, 3.63) is 23.8 Å². The molecule has 0 saturated heterocycles. The predicted molar refractivity (Wildman–Crippen MR) is 75.5 cm³/mol. The summed E-state index contributed by atoms with van der Waals surface area (Å²) in [6, 6.07) is -0.227. The second-order valence-corrected chi connectivity index (χ2v) is 5.23. The highest BCUT2D eigenvalue weighted by Crippen LogP contribution is 1.97. The van der Waals surface area contributed by atoms with Gasteiger partial charge in [0.25, 0.3) is 0 Å². The topological polar surface area (TPSA) is 66.9 Å². The van der Waals surface area contributed by atoms with Gasteiger partial charge in [-0.3, -0.25) is 14.8 Å². The first kappa shape index (κ1) is 15.6. The molecule has 0 radical (unpaired) electrons. The molecule has 0 fully saturated rings. The first-order chi connectivity index (χ1) is 8.99. The lowest BCUT2D eigenvalue weighted by Gasteiger charge is -2.14. The van der Waals surface area contributed by atoms with Gasteiger partial charge in [-0.1, -0.05) is 13.8 Å². The molecule has 1 rings (SSSR count). The van der Waals surface area contributed by atoms with E-state index in [9.17, 15) is 4.79 Å². The number of carbonyl (C=O) groups is 1. The highest BCUT2D eigenvalue weighted by molar-refractivity contribution is 5.81. The lowest BCUT2D eigenvalue weighted by atomic mass is 10.1. The van der Waals surface area contributed by atoms with Gasteiger partial charge in [-0.2, -0.15) is 0 Å². The molecule has 0 aliphatic heterocycles. The van der Waals surface area contributed by atoms with Crippen LogP contribution in [-0.4, -0.2) is 28.5 Å². The van der Waals surface area contributed by atoms with Gasteiger partial charge in [-0.25, -0.2) is 0 Å². The lowest BCUT2D eigenvalue weighted by molar-refractivity contribution is -0.122. The Morgan fingerprint density at radius 2 is 2.00 bits per heavy atom. The molecule has 19 heavy (non-hydrogen) atoms. The van der Waals surface area contributed by atoms with Gasteiger partial charge >= 0.3 is 0 Å². The second kappa shape index (κ2) is 7.84. The molecular weight excluding hydrogens is 240 g/mol. The minimum atomic E-state index is -0.227. The van der Waals surface area contributed by atoms with Crippen molar-refractivity contribution in [1.29, 1.82) is 0 Å². The molecule has 0 bridgehead atoms. The van der Waals surface area contributed by atoms with Crippen molar-refractivity contribution in [2.75, 3.05) is 6.54 Å². The summed E-state index contributed by atoms with van der Waals surface area (Å²) >= 11 is 0. The van der Waals surface area contributed by atoms with Crippen LogP contribution < -0.4 is 10.6 Å². The number of hydrogen-bond donors (Lipinski definition) is 2. The van der Waals surface area contributed by atoms with Crippen molar-refractivity contribution >= 4 is 5.91 Å². The van der Waals surface area contributed by atoms with Gasteiger partial charge in [-0.15, -0.1) is 0 Å². The number of nitrogens with one attached hydrogen (secondary N) is 2. The van der Waals surface area contributed by atoms with E-state index < -0.39 is 0 Å². The van der Waals surface area contributed by atoms with Crippen LogP contribution in [0.3, 0.4) is 0 Å². The zero-order valence-corrected chi connectivity index (χ0v) is 12.2. The zero-order valence-electron chi connectivity index (χ0n) is 12.2. The van der Waals surface area contributed by atoms with Gasteiger partial charge in [0.1, 0.15) is 0 Å². The highest BCUT2D eigenvalue weighted by atomic mass is 16.2. The maximum atomic E-state index is 11.8. The van der Waals surface area contributed by atoms with Crippen LogP contribution in [0.1, 0.15) is 38.6 Å². The number of hydrogen-bond acceptors (Lipinski definition) is 4. The number of amides is 1. The van der Waals surface area contributed by atoms with E-state index in [0.29, 0.717) is 12.5 Å². The number of aryl methyl sites for hydroxylation is 1. The summed E-state index contributed by atoms with van der Waals surface area (Å²) in [5.41, 5.74) is 1.73. The predicted octanol–water partition coefficient (Wildman–Crippen LogP) is 1.43. The number of carbonyl (C=O) groups excluding carboxylic acids is 1. The smallest absolute Gasteiger partial charge is 0.236 e. The molecule has 1 aromatic heterocycles. The van der Waals surface area contributed by atoms with Crippen LogP contribution in [0.25, 0.3) is 0 Å². The van der Waals surface area contributed by atoms with Gasteiger partial charge in [-0.05, 0) is 26.2 Å². The second-order valence-electron chi connectivity index (χ2n) is 5.23. The molecule has 0 aliphatic carbocycles. The van der Waals surface area contributed by atoms with Crippen LogP contribution in [0, 0.1) is 12.8 Å². The quantitative estimate of drug-likeness (QED) is 0.781. The Balaban J connectivity index is 2.28. The van der Waals surface area contributed by atoms with Crippen molar-refractivity contribution in [2.24, 2.45) is 5.92 Å². The minimum Gasteiger partial charge on any atom is -0.355 e. The van der Waals surface area contributed by atoms with Crippen molar-refractivity contribution in [3.63, 3.8) is 0 Å². The van der Waals surface area contributed by atoms with Crippen molar-refractivity contribution in [1.82, 2.24) is 20.6 Å². The average Bonchev–Trinajstić information content (AvgIpc) is 2.37. The van der Waals surface area contributed by atoms with Crippen LogP contribution in [0.5, 0.6) is 0 Å². The maximum absolute atomic E-state index is 11.8. The molecule has 1 atom stereocenters. The summed E-state index contributed by atoms with van der Waals surface area (Å²) in [6.45, 7) is 9.31. The van der Waals surface area contributed by atoms with E-state index in [1.807, 2.05) is 13.8 Å². The maximum Gasteiger partial charge on any atom is 0.236 e. The Labute approximate surface area is 115 Å². The third-order valence-corrected chi connectivity index (χ3v) is 2.84. The first-order valence-corrected chi connectivity index (χ1v) is 6.77. The Hall–Kier alpha value is -1.49. The molecule has 0 spiro atoms. The minimum absolute atomic E-state index is 0.0284. The molecule has 2 N–H and O–H groups in total. The van der Waals surface area contributed by atoms with Crippen LogP contribution in [0.2, 0.25) is 0 Å². The van der Waals surface area contributed by atoms with Gasteiger partial charge < -0.3 is 10.6 Å². The summed E-state index contributed by atoms with van der Waals surface area (Å²) in [6.07, 6.45) is 4.46. The van der Waals surface area contributed by atoms with Crippen molar-refractivity contribution < 1.29 is 4.79 Å². The highest BCUT2D eigenvalue weighted by Gasteiger charge is 2.11. The van der Waals surface area contributed by atoms with Gasteiger partial charge in [0, 0.05) is 25.5 Å². The molecule has 1 heterocycles. The molecule has 5 heteroatoms. The molecule has 0 aliphatic rings. The largest absolute Gasteiger partial charge is 0.355 e. The van der Waals surface area contributed by atoms with E-state index in [-0.39, 0.29) is 11.9 Å². The Kier molecular flexibility index (Phi) is 6.42. The SMILES string of the molecule is Cc1cnc(CNC(C)C(=O)NCCC(C)C)cn1. The van der Waals surface area contributed by atoms with Crippen LogP contribution in [0.15, 0.2) is 12.4 Å². The summed E-state index contributed by atoms with van der Waals surface area (Å²) in [7, 11) is 0. The van der Waals surface area contributed by atoms with E-state index in [4.69, 9.17) is 0 Å². The molecule has 0 saturated carbocycles. The van der Waals surface area contributed by atoms with Crippen LogP contribution in [0.4, 0.5) is 0 Å². The normalized spacial score (nSPS) is 12.5. The number of nitrogens with zero attached hydrogens (tertiary/aromatic N) is 2. The Morgan fingerprint density at radius 3 is 2.58 bits per heavy atom. The third kappa shape index (κ3) is 6.29. The van der Waals surface area contributed by atoms with Crippen molar-refractivity contribution in [3.8, 4) is 0 Å². The molecule has 106 valence electrons.